The molecule has 0 amide bonds. The van der Waals surface area contributed by atoms with Crippen LogP contribution in [0.1, 0.15) is 12.5 Å². The Labute approximate surface area is 167 Å². The fourth-order valence-electron chi connectivity index (χ4n) is 2.75. The van der Waals surface area contributed by atoms with Crippen molar-refractivity contribution in [3.8, 4) is 0 Å². The lowest BCUT2D eigenvalue weighted by Crippen LogP contribution is -2.40. The summed E-state index contributed by atoms with van der Waals surface area (Å²) in [4.78, 5) is 10.6. The summed E-state index contributed by atoms with van der Waals surface area (Å²) >= 11 is 0. The van der Waals surface area contributed by atoms with E-state index in [1.54, 1.807) is 6.92 Å². The van der Waals surface area contributed by atoms with Crippen LogP contribution in [0.4, 0.5) is 15.8 Å². The summed E-state index contributed by atoms with van der Waals surface area (Å²) in [6, 6.07) is 9.22. The highest BCUT2D eigenvalue weighted by Gasteiger charge is 2.28. The van der Waals surface area contributed by atoms with E-state index in [9.17, 15) is 22.9 Å². The van der Waals surface area contributed by atoms with Gasteiger partial charge in [-0.05, 0) is 36.8 Å². The summed E-state index contributed by atoms with van der Waals surface area (Å²) in [6.07, 6.45) is 0. The number of benzene rings is 2. The minimum Gasteiger partial charge on any atom is -0.379 e. The molecule has 1 fully saturated rings. The van der Waals surface area contributed by atoms with E-state index in [0.29, 0.717) is 11.3 Å². The highest BCUT2D eigenvalue weighted by atomic mass is 32.2. The number of nitrogens with one attached hydrogen (secondary N) is 1. The molecule has 1 aliphatic heterocycles. The summed E-state index contributed by atoms with van der Waals surface area (Å²) in [5.41, 5.74) is 3.32. The molecule has 0 unspecified atom stereocenters. The van der Waals surface area contributed by atoms with Gasteiger partial charge in [0.25, 0.3) is 5.69 Å². The number of nitro benzene ring substituents is 1. The van der Waals surface area contributed by atoms with Gasteiger partial charge in [-0.2, -0.15) is 9.41 Å². The molecule has 0 radical (unpaired) electrons. The van der Waals surface area contributed by atoms with Gasteiger partial charge in [-0.15, -0.1) is 0 Å². The second-order valence-electron chi connectivity index (χ2n) is 6.27. The van der Waals surface area contributed by atoms with E-state index < -0.39 is 20.6 Å². The molecule has 11 heteroatoms. The number of anilines is 1. The number of nitro groups is 1. The van der Waals surface area contributed by atoms with Crippen molar-refractivity contribution in [2.45, 2.75) is 11.8 Å². The summed E-state index contributed by atoms with van der Waals surface area (Å²) in [7, 11) is -3.86. The van der Waals surface area contributed by atoms with Gasteiger partial charge in [-0.3, -0.25) is 15.5 Å². The Bertz CT molecular complexity index is 1030. The Morgan fingerprint density at radius 3 is 2.48 bits per heavy atom. The number of rotatable bonds is 6. The fraction of sp³-hybridized carbons (Fsp3) is 0.278. The molecular formula is C18H19FN4O5S. The van der Waals surface area contributed by atoms with E-state index >= 15 is 0 Å². The topological polar surface area (TPSA) is 114 Å². The smallest absolute Gasteiger partial charge is 0.295 e. The van der Waals surface area contributed by atoms with Gasteiger partial charge >= 0.3 is 0 Å². The number of halogens is 1. The predicted molar refractivity (Wildman–Crippen MR) is 105 cm³/mol. The van der Waals surface area contributed by atoms with Crippen LogP contribution in [-0.2, 0) is 14.8 Å². The molecule has 2 aromatic rings. The van der Waals surface area contributed by atoms with Crippen molar-refractivity contribution in [3.05, 3.63) is 64.0 Å². The Balaban J connectivity index is 1.87. The molecule has 9 nitrogen and oxygen atoms in total. The van der Waals surface area contributed by atoms with E-state index in [-0.39, 0.29) is 42.7 Å². The van der Waals surface area contributed by atoms with E-state index in [1.165, 1.54) is 40.7 Å². The Hall–Kier alpha value is -2.89. The molecule has 3 rings (SSSR count). The van der Waals surface area contributed by atoms with Crippen molar-refractivity contribution in [3.63, 3.8) is 0 Å². The average molecular weight is 422 g/mol. The third kappa shape index (κ3) is 4.75. The maximum atomic E-state index is 13.0. The highest BCUT2D eigenvalue weighted by molar-refractivity contribution is 7.89. The molecule has 2 aromatic carbocycles. The maximum absolute atomic E-state index is 13.0. The van der Waals surface area contributed by atoms with Crippen LogP contribution in [-0.4, -0.2) is 49.7 Å². The standard InChI is InChI=1S/C18H19FN4O5S/c1-13(14-2-4-15(19)5-3-14)20-21-17-7-6-16(12-18(17)23(24)25)29(26,27)22-8-10-28-11-9-22/h2-7,12,21H,8-11H2,1H3. The van der Waals surface area contributed by atoms with Crippen LogP contribution in [0, 0.1) is 15.9 Å². The molecule has 0 aromatic heterocycles. The molecule has 29 heavy (non-hydrogen) atoms. The van der Waals surface area contributed by atoms with E-state index in [1.807, 2.05) is 0 Å². The quantitative estimate of drug-likeness (QED) is 0.435. The minimum atomic E-state index is -3.86. The van der Waals surface area contributed by atoms with E-state index in [4.69, 9.17) is 4.74 Å². The largest absolute Gasteiger partial charge is 0.379 e. The normalized spacial score (nSPS) is 15.9. The summed E-state index contributed by atoms with van der Waals surface area (Å²) in [5.74, 6) is -0.387. The van der Waals surface area contributed by atoms with Crippen molar-refractivity contribution < 1.29 is 22.5 Å². The van der Waals surface area contributed by atoms with Crippen LogP contribution < -0.4 is 5.43 Å². The van der Waals surface area contributed by atoms with Crippen LogP contribution in [0.2, 0.25) is 0 Å². The first-order valence-corrected chi connectivity index (χ1v) is 10.2. The number of hydrogen-bond acceptors (Lipinski definition) is 7. The zero-order valence-corrected chi connectivity index (χ0v) is 16.4. The first kappa shape index (κ1) is 20.8. The molecule has 1 N–H and O–H groups in total. The first-order valence-electron chi connectivity index (χ1n) is 8.71. The monoisotopic (exact) mass is 422 g/mol. The zero-order chi connectivity index (χ0) is 21.0. The van der Waals surface area contributed by atoms with Gasteiger partial charge in [0.15, 0.2) is 0 Å². The van der Waals surface area contributed by atoms with Gasteiger partial charge in [0.05, 0.1) is 28.7 Å². The molecule has 0 atom stereocenters. The van der Waals surface area contributed by atoms with Crippen LogP contribution in [0.25, 0.3) is 0 Å². The minimum absolute atomic E-state index is 0.0392. The first-order chi connectivity index (χ1) is 13.8. The molecular weight excluding hydrogens is 403 g/mol. The Morgan fingerprint density at radius 2 is 1.86 bits per heavy atom. The molecule has 1 heterocycles. The van der Waals surface area contributed by atoms with Gasteiger partial charge in [0, 0.05) is 19.2 Å². The molecule has 1 saturated heterocycles. The number of morpholine rings is 1. The number of sulfonamides is 1. The number of nitrogens with zero attached hydrogens (tertiary/aromatic N) is 3. The molecule has 0 aliphatic carbocycles. The molecule has 154 valence electrons. The summed E-state index contributed by atoms with van der Waals surface area (Å²) in [5, 5.41) is 15.6. The van der Waals surface area contributed by atoms with Gasteiger partial charge in [-0.25, -0.2) is 12.8 Å². The van der Waals surface area contributed by atoms with Gasteiger partial charge in [0.2, 0.25) is 10.0 Å². The lowest BCUT2D eigenvalue weighted by Gasteiger charge is -2.26. The van der Waals surface area contributed by atoms with Crippen LogP contribution in [0.3, 0.4) is 0 Å². The lowest BCUT2D eigenvalue weighted by molar-refractivity contribution is -0.384. The van der Waals surface area contributed by atoms with E-state index in [0.717, 1.165) is 6.07 Å². The van der Waals surface area contributed by atoms with E-state index in [2.05, 4.69) is 10.5 Å². The van der Waals surface area contributed by atoms with Crippen molar-refractivity contribution in [1.82, 2.24) is 4.31 Å². The van der Waals surface area contributed by atoms with Crippen LogP contribution in [0.5, 0.6) is 0 Å². The van der Waals surface area contributed by atoms with Crippen LogP contribution in [0.15, 0.2) is 52.5 Å². The molecule has 0 saturated carbocycles. The second-order valence-corrected chi connectivity index (χ2v) is 8.21. The highest BCUT2D eigenvalue weighted by Crippen LogP contribution is 2.29. The Morgan fingerprint density at radius 1 is 1.21 bits per heavy atom. The predicted octanol–water partition coefficient (Wildman–Crippen LogP) is 2.59. The lowest BCUT2D eigenvalue weighted by atomic mass is 10.1. The number of hydrogen-bond donors (Lipinski definition) is 1. The van der Waals surface area contributed by atoms with Crippen LogP contribution >= 0.6 is 0 Å². The second kappa shape index (κ2) is 8.64. The number of ether oxygens (including phenoxy) is 1. The zero-order valence-electron chi connectivity index (χ0n) is 15.5. The van der Waals surface area contributed by atoms with Gasteiger partial charge < -0.3 is 4.74 Å². The number of hydrazone groups is 1. The maximum Gasteiger partial charge on any atom is 0.295 e. The molecule has 0 spiro atoms. The van der Waals surface area contributed by atoms with Crippen molar-refractivity contribution in [2.24, 2.45) is 5.10 Å². The third-order valence-corrected chi connectivity index (χ3v) is 6.27. The summed E-state index contributed by atoms with van der Waals surface area (Å²) in [6.45, 7) is 2.59. The van der Waals surface area contributed by atoms with Gasteiger partial charge in [-0.1, -0.05) is 12.1 Å². The third-order valence-electron chi connectivity index (χ3n) is 4.38. The van der Waals surface area contributed by atoms with Crippen molar-refractivity contribution >= 4 is 27.1 Å². The summed E-state index contributed by atoms with van der Waals surface area (Å²) < 4.78 is 44.8. The average Bonchev–Trinajstić information content (AvgIpc) is 2.73. The van der Waals surface area contributed by atoms with Gasteiger partial charge in [0.1, 0.15) is 11.5 Å². The SMILES string of the molecule is CC(=NNc1ccc(S(=O)(=O)N2CCOCC2)cc1[N+](=O)[O-])c1ccc(F)cc1. The fourth-order valence-corrected chi connectivity index (χ4v) is 4.18. The Kier molecular flexibility index (Phi) is 6.20. The molecule has 0 bridgehead atoms. The molecule has 1 aliphatic rings. The van der Waals surface area contributed by atoms with Crippen molar-refractivity contribution in [2.75, 3.05) is 31.7 Å². The van der Waals surface area contributed by atoms with Crippen molar-refractivity contribution in [1.29, 1.82) is 0 Å².